The number of carbonyl (C=O) groups is 1. The minimum Gasteiger partial charge on any atom is -0.493 e. The molecule has 0 spiro atoms. The number of pyridine rings is 1. The fourth-order valence-electron chi connectivity index (χ4n) is 2.78. The van der Waals surface area contributed by atoms with Crippen LogP contribution in [-0.2, 0) is 10.2 Å². The molecule has 164 valence electrons. The first-order chi connectivity index (χ1) is 14.8. The quantitative estimate of drug-likeness (QED) is 0.350. The maximum Gasteiger partial charge on any atom is 0.419 e. The summed E-state index contributed by atoms with van der Waals surface area (Å²) in [5.41, 5.74) is 2.10. The van der Waals surface area contributed by atoms with Gasteiger partial charge in [-0.15, -0.1) is 0 Å². The predicted molar refractivity (Wildman–Crippen MR) is 112 cm³/mol. The molecular formula is C18H20N6O6S. The van der Waals surface area contributed by atoms with Gasteiger partial charge in [0.25, 0.3) is 0 Å². The largest absolute Gasteiger partial charge is 0.493 e. The molecule has 0 aliphatic carbocycles. The summed E-state index contributed by atoms with van der Waals surface area (Å²) in [5, 5.41) is 12.2. The normalized spacial score (nSPS) is 11.2. The number of ether oxygens (including phenoxy) is 2. The van der Waals surface area contributed by atoms with Crippen molar-refractivity contribution in [2.75, 3.05) is 32.6 Å². The Kier molecular flexibility index (Phi) is 6.67. The number of methoxy groups -OCH3 is 2. The molecule has 0 radical (unpaired) electrons. The van der Waals surface area contributed by atoms with Crippen LogP contribution in [0.5, 0.6) is 11.5 Å². The Morgan fingerprint density at radius 2 is 1.81 bits per heavy atom. The number of nitrogens with one attached hydrogen (secondary N) is 3. The maximum absolute atomic E-state index is 11.4. The van der Waals surface area contributed by atoms with E-state index in [-0.39, 0.29) is 13.1 Å². The number of benzene rings is 1. The van der Waals surface area contributed by atoms with Gasteiger partial charge < -0.3 is 19.9 Å². The Hall–Kier alpha value is -3.71. The molecule has 0 saturated heterocycles. The van der Waals surface area contributed by atoms with E-state index in [1.54, 1.807) is 38.6 Å². The number of rotatable bonds is 9. The lowest BCUT2D eigenvalue weighted by Gasteiger charge is -2.11. The summed E-state index contributed by atoms with van der Waals surface area (Å²) in [5.74, 6) is 1.62. The molecule has 31 heavy (non-hydrogen) atoms. The number of amides is 1. The molecule has 0 atom stereocenters. The number of hydrogen-bond donors (Lipinski definition) is 4. The number of carboxylic acid groups (broad SMARTS) is 1. The van der Waals surface area contributed by atoms with Crippen LogP contribution in [0.2, 0.25) is 0 Å². The highest BCUT2D eigenvalue weighted by atomic mass is 32.2. The number of fused-ring (bicyclic) bond motifs is 1. The van der Waals surface area contributed by atoms with Crippen LogP contribution < -0.4 is 24.2 Å². The first kappa shape index (κ1) is 22.0. The van der Waals surface area contributed by atoms with E-state index in [1.807, 2.05) is 6.07 Å². The van der Waals surface area contributed by atoms with E-state index in [0.717, 1.165) is 10.9 Å². The number of hydrogen-bond acceptors (Lipinski definition) is 9. The SMILES string of the molecule is COc1cc2ncnc(-c3ccc(NCCNS(=O)(=O)NC(=O)O)nc3)c2cc1OC. The fraction of sp³-hybridized carbons (Fsp3) is 0.222. The summed E-state index contributed by atoms with van der Waals surface area (Å²) in [6.07, 6.45) is 1.41. The summed E-state index contributed by atoms with van der Waals surface area (Å²) >= 11 is 0. The Balaban J connectivity index is 1.72. The van der Waals surface area contributed by atoms with E-state index >= 15 is 0 Å². The van der Waals surface area contributed by atoms with E-state index in [2.05, 4.69) is 25.0 Å². The summed E-state index contributed by atoms with van der Waals surface area (Å²) in [4.78, 5) is 23.3. The maximum atomic E-state index is 11.4. The van der Waals surface area contributed by atoms with Gasteiger partial charge in [0.05, 0.1) is 25.4 Å². The fourth-order valence-corrected chi connectivity index (χ4v) is 3.45. The van der Waals surface area contributed by atoms with Crippen molar-refractivity contribution in [2.24, 2.45) is 0 Å². The van der Waals surface area contributed by atoms with E-state index < -0.39 is 16.3 Å². The molecule has 0 aliphatic rings. The second kappa shape index (κ2) is 9.40. The van der Waals surface area contributed by atoms with Gasteiger partial charge in [0.15, 0.2) is 11.5 Å². The van der Waals surface area contributed by atoms with Gasteiger partial charge in [0.1, 0.15) is 12.1 Å². The number of nitrogens with zero attached hydrogens (tertiary/aromatic N) is 3. The van der Waals surface area contributed by atoms with Crippen LogP contribution in [0, 0.1) is 0 Å². The Labute approximate surface area is 177 Å². The van der Waals surface area contributed by atoms with Crippen LogP contribution in [0.3, 0.4) is 0 Å². The van der Waals surface area contributed by atoms with Gasteiger partial charge in [-0.3, -0.25) is 0 Å². The topological polar surface area (TPSA) is 165 Å². The van der Waals surface area contributed by atoms with Crippen molar-refractivity contribution in [3.63, 3.8) is 0 Å². The monoisotopic (exact) mass is 448 g/mol. The Morgan fingerprint density at radius 3 is 2.45 bits per heavy atom. The molecule has 0 fully saturated rings. The van der Waals surface area contributed by atoms with Crippen LogP contribution in [0.25, 0.3) is 22.2 Å². The molecule has 2 heterocycles. The van der Waals surface area contributed by atoms with Crippen LogP contribution >= 0.6 is 0 Å². The van der Waals surface area contributed by atoms with Gasteiger partial charge in [-0.2, -0.15) is 13.1 Å². The minimum absolute atomic E-state index is 0.0375. The van der Waals surface area contributed by atoms with E-state index in [4.69, 9.17) is 14.6 Å². The third-order valence-corrected chi connectivity index (χ3v) is 5.15. The number of aromatic nitrogens is 3. The lowest BCUT2D eigenvalue weighted by Crippen LogP contribution is -2.41. The average Bonchev–Trinajstić information content (AvgIpc) is 2.75. The molecule has 1 aromatic carbocycles. The first-order valence-corrected chi connectivity index (χ1v) is 10.4. The number of anilines is 1. The molecule has 0 unspecified atom stereocenters. The highest BCUT2D eigenvalue weighted by molar-refractivity contribution is 7.88. The molecular weight excluding hydrogens is 428 g/mol. The smallest absolute Gasteiger partial charge is 0.419 e. The van der Waals surface area contributed by atoms with Gasteiger partial charge in [-0.05, 0) is 18.2 Å². The molecule has 13 heteroatoms. The van der Waals surface area contributed by atoms with Crippen molar-refractivity contribution in [3.05, 3.63) is 36.8 Å². The average molecular weight is 448 g/mol. The van der Waals surface area contributed by atoms with Gasteiger partial charge in [-0.25, -0.2) is 24.5 Å². The minimum atomic E-state index is -4.10. The lowest BCUT2D eigenvalue weighted by atomic mass is 10.1. The van der Waals surface area contributed by atoms with Gasteiger partial charge in [0.2, 0.25) is 0 Å². The molecule has 3 rings (SSSR count). The molecule has 2 aromatic heterocycles. The standard InChI is InChI=1S/C18H20N6O6S/c1-29-14-7-12-13(8-15(14)30-2)21-10-22-17(12)11-3-4-16(20-9-11)19-5-6-23-31(27,28)24-18(25)26/h3-4,7-10,23-24H,5-6H2,1-2H3,(H,19,20)(H,25,26). The van der Waals surface area contributed by atoms with E-state index in [1.165, 1.54) is 11.0 Å². The third-order valence-electron chi connectivity index (χ3n) is 4.12. The molecule has 12 nitrogen and oxygen atoms in total. The van der Waals surface area contributed by atoms with Gasteiger partial charge >= 0.3 is 16.3 Å². The zero-order valence-corrected chi connectivity index (χ0v) is 17.4. The third kappa shape index (κ3) is 5.46. The van der Waals surface area contributed by atoms with Crippen LogP contribution in [0.1, 0.15) is 0 Å². The van der Waals surface area contributed by atoms with Crippen LogP contribution in [-0.4, -0.2) is 61.9 Å². The van der Waals surface area contributed by atoms with Crippen molar-refractivity contribution in [1.29, 1.82) is 0 Å². The first-order valence-electron chi connectivity index (χ1n) is 8.90. The van der Waals surface area contributed by atoms with Gasteiger partial charge in [0, 0.05) is 36.3 Å². The molecule has 0 saturated carbocycles. The predicted octanol–water partition coefficient (Wildman–Crippen LogP) is 1.22. The van der Waals surface area contributed by atoms with Crippen molar-refractivity contribution >= 4 is 33.0 Å². The molecule has 4 N–H and O–H groups in total. The van der Waals surface area contributed by atoms with Crippen molar-refractivity contribution in [1.82, 2.24) is 24.4 Å². The van der Waals surface area contributed by atoms with Crippen molar-refractivity contribution in [2.45, 2.75) is 0 Å². The van der Waals surface area contributed by atoms with E-state index in [0.29, 0.717) is 28.5 Å². The zero-order chi connectivity index (χ0) is 22.4. The molecule has 1 amide bonds. The molecule has 0 bridgehead atoms. The zero-order valence-electron chi connectivity index (χ0n) is 16.6. The van der Waals surface area contributed by atoms with Crippen molar-refractivity contribution < 1.29 is 27.8 Å². The molecule has 3 aromatic rings. The van der Waals surface area contributed by atoms with Crippen molar-refractivity contribution in [3.8, 4) is 22.8 Å². The summed E-state index contributed by atoms with van der Waals surface area (Å²) in [6, 6.07) is 7.09. The van der Waals surface area contributed by atoms with Crippen LogP contribution in [0.15, 0.2) is 36.8 Å². The lowest BCUT2D eigenvalue weighted by molar-refractivity contribution is 0.201. The second-order valence-corrected chi connectivity index (χ2v) is 7.61. The summed E-state index contributed by atoms with van der Waals surface area (Å²) in [6.45, 7) is 0.157. The van der Waals surface area contributed by atoms with Crippen LogP contribution in [0.4, 0.5) is 10.6 Å². The van der Waals surface area contributed by atoms with Gasteiger partial charge in [-0.1, -0.05) is 0 Å². The summed E-state index contributed by atoms with van der Waals surface area (Å²) < 4.78 is 36.9. The second-order valence-electron chi connectivity index (χ2n) is 6.11. The van der Waals surface area contributed by atoms with E-state index in [9.17, 15) is 13.2 Å². The Bertz CT molecular complexity index is 1190. The highest BCUT2D eigenvalue weighted by Gasteiger charge is 2.13. The Morgan fingerprint density at radius 1 is 1.06 bits per heavy atom. The molecule has 0 aliphatic heterocycles. The summed E-state index contributed by atoms with van der Waals surface area (Å²) in [7, 11) is -1.00. The highest BCUT2D eigenvalue weighted by Crippen LogP contribution is 2.35.